The lowest BCUT2D eigenvalue weighted by Crippen LogP contribution is -2.39. The molecule has 24 heavy (non-hydrogen) atoms. The van der Waals surface area contributed by atoms with Crippen LogP contribution in [0.25, 0.3) is 0 Å². The number of hydrogen-bond donors (Lipinski definition) is 1. The Balaban J connectivity index is 1.62. The summed E-state index contributed by atoms with van der Waals surface area (Å²) in [6, 6.07) is 9.93. The zero-order valence-corrected chi connectivity index (χ0v) is 13.7. The van der Waals surface area contributed by atoms with Crippen LogP contribution in [-0.4, -0.2) is 38.2 Å². The molecule has 0 unspecified atom stereocenters. The predicted molar refractivity (Wildman–Crippen MR) is 88.5 cm³/mol. The van der Waals surface area contributed by atoms with E-state index in [9.17, 15) is 9.59 Å². The van der Waals surface area contributed by atoms with E-state index >= 15 is 0 Å². The van der Waals surface area contributed by atoms with Gasteiger partial charge in [-0.1, -0.05) is 29.8 Å². The third-order valence-electron chi connectivity index (χ3n) is 4.27. The van der Waals surface area contributed by atoms with Crippen LogP contribution < -0.4 is 0 Å². The fourth-order valence-electron chi connectivity index (χ4n) is 2.89. The van der Waals surface area contributed by atoms with Gasteiger partial charge in [-0.05, 0) is 18.6 Å². The molecule has 6 heteroatoms. The van der Waals surface area contributed by atoms with E-state index in [0.29, 0.717) is 32.5 Å². The second-order valence-electron chi connectivity index (χ2n) is 6.22. The molecule has 0 atom stereocenters. The van der Waals surface area contributed by atoms with Crippen molar-refractivity contribution >= 4 is 11.9 Å². The van der Waals surface area contributed by atoms with Gasteiger partial charge in [0.2, 0.25) is 5.91 Å². The lowest BCUT2D eigenvalue weighted by atomic mass is 10.1. The van der Waals surface area contributed by atoms with Gasteiger partial charge in [0.15, 0.2) is 0 Å². The lowest BCUT2D eigenvalue weighted by molar-refractivity contribution is -0.137. The molecule has 1 amide bonds. The minimum absolute atomic E-state index is 0.0759. The number of aliphatic carboxylic acids is 1. The van der Waals surface area contributed by atoms with Crippen LogP contribution in [0, 0.1) is 6.92 Å². The first-order chi connectivity index (χ1) is 11.5. The van der Waals surface area contributed by atoms with Gasteiger partial charge in [-0.3, -0.25) is 14.3 Å². The zero-order valence-electron chi connectivity index (χ0n) is 13.7. The van der Waals surface area contributed by atoms with Crippen molar-refractivity contribution in [3.8, 4) is 0 Å². The fourth-order valence-corrected chi connectivity index (χ4v) is 2.89. The van der Waals surface area contributed by atoms with Crippen LogP contribution in [0.15, 0.2) is 30.3 Å². The van der Waals surface area contributed by atoms with E-state index in [0.717, 1.165) is 17.0 Å². The van der Waals surface area contributed by atoms with Gasteiger partial charge >= 0.3 is 5.97 Å². The molecule has 1 aliphatic rings. The molecule has 126 valence electrons. The Bertz CT molecular complexity index is 749. The number of carboxylic acid groups (broad SMARTS) is 1. The number of amides is 1. The topological polar surface area (TPSA) is 75.4 Å². The van der Waals surface area contributed by atoms with Crippen LogP contribution in [0.2, 0.25) is 0 Å². The molecule has 6 nitrogen and oxygen atoms in total. The van der Waals surface area contributed by atoms with Crippen molar-refractivity contribution in [1.29, 1.82) is 0 Å². The van der Waals surface area contributed by atoms with Gasteiger partial charge in [-0.2, -0.15) is 5.10 Å². The molecule has 2 heterocycles. The number of benzene rings is 1. The van der Waals surface area contributed by atoms with Crippen molar-refractivity contribution < 1.29 is 14.7 Å². The monoisotopic (exact) mass is 327 g/mol. The predicted octanol–water partition coefficient (Wildman–Crippen LogP) is 1.79. The zero-order chi connectivity index (χ0) is 17.1. The Morgan fingerprint density at radius 2 is 1.96 bits per heavy atom. The summed E-state index contributed by atoms with van der Waals surface area (Å²) in [6.45, 7) is 3.85. The average molecular weight is 327 g/mol. The van der Waals surface area contributed by atoms with Crippen molar-refractivity contribution in [2.45, 2.75) is 39.3 Å². The van der Waals surface area contributed by atoms with E-state index in [2.05, 4.69) is 5.10 Å². The maximum absolute atomic E-state index is 12.5. The fraction of sp³-hybridized carbons (Fsp3) is 0.389. The second kappa shape index (κ2) is 6.86. The first kappa shape index (κ1) is 16.2. The number of aromatic nitrogens is 2. The Morgan fingerprint density at radius 1 is 1.21 bits per heavy atom. The molecule has 1 N–H and O–H groups in total. The molecule has 0 bridgehead atoms. The van der Waals surface area contributed by atoms with Crippen LogP contribution in [-0.2, 0) is 35.5 Å². The molecule has 0 spiro atoms. The number of carbonyl (C=O) groups is 2. The Kier molecular flexibility index (Phi) is 4.64. The normalized spacial score (nSPS) is 13.6. The van der Waals surface area contributed by atoms with E-state index < -0.39 is 5.97 Å². The number of carboxylic acids is 1. The summed E-state index contributed by atoms with van der Waals surface area (Å²) in [5, 5.41) is 13.2. The first-order valence-electron chi connectivity index (χ1n) is 8.12. The van der Waals surface area contributed by atoms with Crippen LogP contribution in [0.3, 0.4) is 0 Å². The van der Waals surface area contributed by atoms with E-state index in [1.807, 2.05) is 46.8 Å². The maximum Gasteiger partial charge on any atom is 0.303 e. The van der Waals surface area contributed by atoms with Gasteiger partial charge in [-0.25, -0.2) is 0 Å². The summed E-state index contributed by atoms with van der Waals surface area (Å²) < 4.78 is 1.88. The quantitative estimate of drug-likeness (QED) is 0.908. The van der Waals surface area contributed by atoms with Gasteiger partial charge in [0.25, 0.3) is 0 Å². The van der Waals surface area contributed by atoms with Crippen LogP contribution >= 0.6 is 0 Å². The number of fused-ring (bicyclic) bond motifs is 1. The minimum Gasteiger partial charge on any atom is -0.481 e. The molecule has 2 aromatic rings. The highest BCUT2D eigenvalue weighted by Crippen LogP contribution is 2.16. The highest BCUT2D eigenvalue weighted by molar-refractivity contribution is 5.78. The first-order valence-corrected chi connectivity index (χ1v) is 8.12. The van der Waals surface area contributed by atoms with Crippen molar-refractivity contribution in [3.63, 3.8) is 0 Å². The summed E-state index contributed by atoms with van der Waals surface area (Å²) >= 11 is 0. The Morgan fingerprint density at radius 3 is 2.67 bits per heavy atom. The van der Waals surface area contributed by atoms with E-state index in [-0.39, 0.29) is 12.3 Å². The summed E-state index contributed by atoms with van der Waals surface area (Å²) in [4.78, 5) is 25.0. The summed E-state index contributed by atoms with van der Waals surface area (Å²) in [6.07, 6.45) is 0.902. The number of rotatable bonds is 5. The van der Waals surface area contributed by atoms with Crippen molar-refractivity contribution in [2.75, 3.05) is 6.54 Å². The molecule has 0 aliphatic carbocycles. The standard InChI is InChI=1S/C18H21N3O3/c1-13-2-4-14(5-3-13)10-17(22)20-8-9-21-16(12-20)11-15(19-21)6-7-18(23)24/h2-5,11H,6-10,12H2,1H3,(H,23,24). The van der Waals surface area contributed by atoms with E-state index in [1.165, 1.54) is 5.56 Å². The highest BCUT2D eigenvalue weighted by Gasteiger charge is 2.22. The molecule has 1 aromatic carbocycles. The van der Waals surface area contributed by atoms with Crippen molar-refractivity contribution in [1.82, 2.24) is 14.7 Å². The molecule has 0 saturated carbocycles. The van der Waals surface area contributed by atoms with Gasteiger partial charge < -0.3 is 10.0 Å². The molecule has 0 saturated heterocycles. The van der Waals surface area contributed by atoms with Crippen molar-refractivity contribution in [3.05, 3.63) is 52.8 Å². The number of hydrogen-bond acceptors (Lipinski definition) is 3. The van der Waals surface area contributed by atoms with E-state index in [4.69, 9.17) is 5.11 Å². The highest BCUT2D eigenvalue weighted by atomic mass is 16.4. The van der Waals surface area contributed by atoms with Gasteiger partial charge in [-0.15, -0.1) is 0 Å². The second-order valence-corrected chi connectivity index (χ2v) is 6.22. The van der Waals surface area contributed by atoms with E-state index in [1.54, 1.807) is 0 Å². The third kappa shape index (κ3) is 3.82. The van der Waals surface area contributed by atoms with Gasteiger partial charge in [0.05, 0.1) is 37.3 Å². The van der Waals surface area contributed by atoms with Gasteiger partial charge in [0.1, 0.15) is 0 Å². The molecule has 0 radical (unpaired) electrons. The maximum atomic E-state index is 12.5. The number of carbonyl (C=O) groups excluding carboxylic acids is 1. The summed E-state index contributed by atoms with van der Waals surface area (Å²) in [5.74, 6) is -0.714. The smallest absolute Gasteiger partial charge is 0.303 e. The molecule has 1 aliphatic heterocycles. The summed E-state index contributed by atoms with van der Waals surface area (Å²) in [7, 11) is 0. The average Bonchev–Trinajstić information content (AvgIpc) is 2.97. The Labute approximate surface area is 140 Å². The molecule has 3 rings (SSSR count). The van der Waals surface area contributed by atoms with Crippen LogP contribution in [0.1, 0.15) is 28.9 Å². The Hall–Kier alpha value is -2.63. The molecular weight excluding hydrogens is 306 g/mol. The largest absolute Gasteiger partial charge is 0.481 e. The van der Waals surface area contributed by atoms with Crippen LogP contribution in [0.5, 0.6) is 0 Å². The lowest BCUT2D eigenvalue weighted by Gasteiger charge is -2.27. The van der Waals surface area contributed by atoms with Gasteiger partial charge in [0, 0.05) is 13.0 Å². The van der Waals surface area contributed by atoms with Crippen molar-refractivity contribution in [2.24, 2.45) is 0 Å². The van der Waals surface area contributed by atoms with Crippen LogP contribution in [0.4, 0.5) is 0 Å². The number of aryl methyl sites for hydroxylation is 2. The summed E-state index contributed by atoms with van der Waals surface area (Å²) in [5.41, 5.74) is 3.95. The molecule has 0 fully saturated rings. The SMILES string of the molecule is Cc1ccc(CC(=O)N2CCn3nc(CCC(=O)O)cc3C2)cc1. The minimum atomic E-state index is -0.823. The molecular formula is C18H21N3O3. The number of nitrogens with zero attached hydrogens (tertiary/aromatic N) is 3. The molecule has 1 aromatic heterocycles. The third-order valence-corrected chi connectivity index (χ3v) is 4.27.